The van der Waals surface area contributed by atoms with Crippen molar-refractivity contribution in [3.05, 3.63) is 46.8 Å². The van der Waals surface area contributed by atoms with E-state index in [-0.39, 0.29) is 33.8 Å². The van der Waals surface area contributed by atoms with Crippen LogP contribution in [0.25, 0.3) is 22.1 Å². The number of ether oxygens (including phenoxy) is 1. The zero-order valence-electron chi connectivity index (χ0n) is 11.5. The lowest BCUT2D eigenvalue weighted by atomic mass is 10.0. The van der Waals surface area contributed by atoms with Crippen molar-refractivity contribution < 1.29 is 24.5 Å². The van der Waals surface area contributed by atoms with Gasteiger partial charge in [-0.25, -0.2) is 0 Å². The highest BCUT2D eigenvalue weighted by atomic mass is 16.5. The average molecular weight is 300 g/mol. The molecule has 0 aliphatic heterocycles. The predicted octanol–water partition coefficient (Wildman–Crippen LogP) is 2.59. The van der Waals surface area contributed by atoms with E-state index in [2.05, 4.69) is 0 Å². The maximum atomic E-state index is 12.5. The van der Waals surface area contributed by atoms with Gasteiger partial charge in [0.1, 0.15) is 40.2 Å². The smallest absolute Gasteiger partial charge is 0.204 e. The molecule has 0 fully saturated rings. The SMILES string of the molecule is COc1cc(O)cc(-c2coc3cc(O)cc(O)c3c2=O)c1. The van der Waals surface area contributed by atoms with Crippen molar-refractivity contribution in [3.63, 3.8) is 0 Å². The molecule has 1 heterocycles. The van der Waals surface area contributed by atoms with Crippen LogP contribution >= 0.6 is 0 Å². The summed E-state index contributed by atoms with van der Waals surface area (Å²) in [6.07, 6.45) is 1.21. The molecule has 6 nitrogen and oxygen atoms in total. The lowest BCUT2D eigenvalue weighted by Crippen LogP contribution is -2.05. The number of phenolic OH excluding ortho intramolecular Hbond substituents is 3. The normalized spacial score (nSPS) is 10.8. The first-order valence-electron chi connectivity index (χ1n) is 6.35. The molecule has 112 valence electrons. The molecule has 3 rings (SSSR count). The average Bonchev–Trinajstić information content (AvgIpc) is 2.46. The van der Waals surface area contributed by atoms with Gasteiger partial charge in [0.15, 0.2) is 0 Å². The van der Waals surface area contributed by atoms with Crippen molar-refractivity contribution in [2.45, 2.75) is 0 Å². The van der Waals surface area contributed by atoms with E-state index in [9.17, 15) is 20.1 Å². The Morgan fingerprint density at radius 1 is 1.00 bits per heavy atom. The van der Waals surface area contributed by atoms with Gasteiger partial charge in [0, 0.05) is 18.2 Å². The monoisotopic (exact) mass is 300 g/mol. The van der Waals surface area contributed by atoms with E-state index in [4.69, 9.17) is 9.15 Å². The highest BCUT2D eigenvalue weighted by molar-refractivity contribution is 5.88. The standard InChI is InChI=1S/C16H12O6/c1-21-11-3-8(2-9(17)4-11)12-7-22-14-6-10(18)5-13(19)15(14)16(12)20/h2-7,17-19H,1H3. The topological polar surface area (TPSA) is 100 Å². The molecule has 0 radical (unpaired) electrons. The third-order valence-corrected chi connectivity index (χ3v) is 3.28. The summed E-state index contributed by atoms with van der Waals surface area (Å²) in [5.41, 5.74) is 0.132. The fourth-order valence-corrected chi connectivity index (χ4v) is 2.27. The summed E-state index contributed by atoms with van der Waals surface area (Å²) in [5.74, 6) is -0.272. The first kappa shape index (κ1) is 13.8. The minimum Gasteiger partial charge on any atom is -0.508 e. The van der Waals surface area contributed by atoms with Gasteiger partial charge >= 0.3 is 0 Å². The Labute approximate surface area is 124 Å². The highest BCUT2D eigenvalue weighted by Gasteiger charge is 2.15. The summed E-state index contributed by atoms with van der Waals surface area (Å²) >= 11 is 0. The molecule has 0 saturated carbocycles. The van der Waals surface area contributed by atoms with Crippen molar-refractivity contribution in [3.8, 4) is 34.1 Å². The number of benzene rings is 2. The molecule has 6 heteroatoms. The molecule has 3 N–H and O–H groups in total. The first-order chi connectivity index (χ1) is 10.5. The molecular weight excluding hydrogens is 288 g/mol. The Morgan fingerprint density at radius 3 is 2.45 bits per heavy atom. The number of hydrogen-bond acceptors (Lipinski definition) is 6. The highest BCUT2D eigenvalue weighted by Crippen LogP contribution is 2.32. The van der Waals surface area contributed by atoms with Crippen molar-refractivity contribution in [1.29, 1.82) is 0 Å². The van der Waals surface area contributed by atoms with E-state index in [0.29, 0.717) is 11.3 Å². The van der Waals surface area contributed by atoms with Gasteiger partial charge in [0.25, 0.3) is 0 Å². The molecule has 22 heavy (non-hydrogen) atoms. The second-order valence-corrected chi connectivity index (χ2v) is 4.74. The van der Waals surface area contributed by atoms with E-state index in [1.165, 1.54) is 31.6 Å². The Balaban J connectivity index is 2.31. The van der Waals surface area contributed by atoms with Crippen LogP contribution in [0.4, 0.5) is 0 Å². The van der Waals surface area contributed by atoms with E-state index in [0.717, 1.165) is 6.07 Å². The second kappa shape index (κ2) is 5.00. The number of methoxy groups -OCH3 is 1. The van der Waals surface area contributed by atoms with Crippen LogP contribution in [-0.2, 0) is 0 Å². The Kier molecular flexibility index (Phi) is 3.14. The molecule has 0 aliphatic rings. The second-order valence-electron chi connectivity index (χ2n) is 4.74. The minimum atomic E-state index is -0.480. The van der Waals surface area contributed by atoms with Crippen molar-refractivity contribution in [2.24, 2.45) is 0 Å². The molecule has 0 bridgehead atoms. The number of phenols is 3. The molecule has 0 unspecified atom stereocenters. The zero-order valence-corrected chi connectivity index (χ0v) is 11.5. The largest absolute Gasteiger partial charge is 0.508 e. The fraction of sp³-hybridized carbons (Fsp3) is 0.0625. The number of rotatable bonds is 2. The summed E-state index contributed by atoms with van der Waals surface area (Å²) in [6, 6.07) is 6.66. The van der Waals surface area contributed by atoms with Crippen LogP contribution in [0, 0.1) is 0 Å². The molecule has 0 atom stereocenters. The van der Waals surface area contributed by atoms with Crippen LogP contribution in [0.15, 0.2) is 45.8 Å². The molecule has 0 spiro atoms. The number of fused-ring (bicyclic) bond motifs is 1. The van der Waals surface area contributed by atoms with E-state index in [1.807, 2.05) is 0 Å². The predicted molar refractivity (Wildman–Crippen MR) is 79.5 cm³/mol. The van der Waals surface area contributed by atoms with E-state index in [1.54, 1.807) is 6.07 Å². The van der Waals surface area contributed by atoms with Gasteiger partial charge < -0.3 is 24.5 Å². The van der Waals surface area contributed by atoms with Gasteiger partial charge in [-0.1, -0.05) is 0 Å². The maximum Gasteiger partial charge on any atom is 0.204 e. The minimum absolute atomic E-state index is 0.0439. The summed E-state index contributed by atoms with van der Waals surface area (Å²) in [7, 11) is 1.44. The molecular formula is C16H12O6. The lowest BCUT2D eigenvalue weighted by Gasteiger charge is -2.07. The number of aromatic hydroxyl groups is 3. The lowest BCUT2D eigenvalue weighted by molar-refractivity contribution is 0.408. The third kappa shape index (κ3) is 2.20. The van der Waals surface area contributed by atoms with Gasteiger partial charge in [-0.2, -0.15) is 0 Å². The maximum absolute atomic E-state index is 12.5. The first-order valence-corrected chi connectivity index (χ1v) is 6.35. The van der Waals surface area contributed by atoms with Crippen molar-refractivity contribution in [2.75, 3.05) is 7.11 Å². The van der Waals surface area contributed by atoms with Gasteiger partial charge in [0.05, 0.1) is 12.7 Å². The Bertz CT molecular complexity index is 926. The fourth-order valence-electron chi connectivity index (χ4n) is 2.27. The van der Waals surface area contributed by atoms with Crippen LogP contribution in [0.1, 0.15) is 0 Å². The Hall–Kier alpha value is -3.15. The Morgan fingerprint density at radius 2 is 1.73 bits per heavy atom. The third-order valence-electron chi connectivity index (χ3n) is 3.28. The summed E-state index contributed by atoms with van der Waals surface area (Å²) in [4.78, 5) is 12.5. The number of hydrogen-bond donors (Lipinski definition) is 3. The van der Waals surface area contributed by atoms with Gasteiger partial charge in [0.2, 0.25) is 5.43 Å². The quantitative estimate of drug-likeness (QED) is 0.672. The van der Waals surface area contributed by atoms with Crippen LogP contribution in [0.3, 0.4) is 0 Å². The van der Waals surface area contributed by atoms with Crippen molar-refractivity contribution >= 4 is 11.0 Å². The van der Waals surface area contributed by atoms with E-state index < -0.39 is 5.43 Å². The van der Waals surface area contributed by atoms with Crippen LogP contribution in [0.5, 0.6) is 23.0 Å². The van der Waals surface area contributed by atoms with Crippen LogP contribution in [0.2, 0.25) is 0 Å². The van der Waals surface area contributed by atoms with Crippen LogP contribution < -0.4 is 10.2 Å². The molecule has 2 aromatic carbocycles. The molecule has 3 aromatic rings. The molecule has 0 amide bonds. The van der Waals surface area contributed by atoms with Crippen molar-refractivity contribution in [1.82, 2.24) is 0 Å². The van der Waals surface area contributed by atoms with Gasteiger partial charge in [-0.05, 0) is 17.7 Å². The van der Waals surface area contributed by atoms with Crippen LogP contribution in [-0.4, -0.2) is 22.4 Å². The van der Waals surface area contributed by atoms with E-state index >= 15 is 0 Å². The zero-order chi connectivity index (χ0) is 15.9. The molecule has 1 aromatic heterocycles. The summed E-state index contributed by atoms with van der Waals surface area (Å²) < 4.78 is 10.4. The van der Waals surface area contributed by atoms with Gasteiger partial charge in [-0.3, -0.25) is 4.79 Å². The van der Waals surface area contributed by atoms with Gasteiger partial charge in [-0.15, -0.1) is 0 Å². The molecule has 0 aliphatic carbocycles. The summed E-state index contributed by atoms with van der Waals surface area (Å²) in [5, 5.41) is 28.9. The summed E-state index contributed by atoms with van der Waals surface area (Å²) in [6.45, 7) is 0. The molecule has 0 saturated heterocycles.